The van der Waals surface area contributed by atoms with Crippen molar-refractivity contribution in [1.29, 1.82) is 5.26 Å². The predicted molar refractivity (Wildman–Crippen MR) is 126 cm³/mol. The van der Waals surface area contributed by atoms with Crippen molar-refractivity contribution >= 4 is 34.7 Å². The van der Waals surface area contributed by atoms with E-state index in [1.165, 1.54) is 4.57 Å². The highest BCUT2D eigenvalue weighted by molar-refractivity contribution is 7.07. The summed E-state index contributed by atoms with van der Waals surface area (Å²) in [6.45, 7) is 0. The number of ether oxygens (including phenoxy) is 2. The summed E-state index contributed by atoms with van der Waals surface area (Å²) in [6, 6.07) is 16.2. The fourth-order valence-corrected chi connectivity index (χ4v) is 4.95. The van der Waals surface area contributed by atoms with Crippen LogP contribution in [0, 0.1) is 11.3 Å². The van der Waals surface area contributed by atoms with Crippen LogP contribution >= 0.6 is 11.3 Å². The molecule has 9 heteroatoms. The second-order valence-corrected chi connectivity index (χ2v) is 8.25. The van der Waals surface area contributed by atoms with Crippen molar-refractivity contribution in [2.24, 2.45) is 11.5 Å². The lowest BCUT2D eigenvalue weighted by Gasteiger charge is -2.24. The second-order valence-electron chi connectivity index (χ2n) is 7.22. The number of fused-ring (bicyclic) bond motifs is 1. The van der Waals surface area contributed by atoms with E-state index in [1.54, 1.807) is 68.8 Å². The van der Waals surface area contributed by atoms with Crippen LogP contribution in [0.5, 0.6) is 11.5 Å². The van der Waals surface area contributed by atoms with Gasteiger partial charge in [0.15, 0.2) is 0 Å². The van der Waals surface area contributed by atoms with Gasteiger partial charge in [0.1, 0.15) is 22.0 Å². The molecule has 2 aromatic carbocycles. The van der Waals surface area contributed by atoms with Gasteiger partial charge in [0.25, 0.3) is 5.56 Å². The van der Waals surface area contributed by atoms with Crippen LogP contribution in [0.1, 0.15) is 17.0 Å². The predicted octanol–water partition coefficient (Wildman–Crippen LogP) is 0.840. The summed E-state index contributed by atoms with van der Waals surface area (Å²) in [6.07, 6.45) is 1.69. The fourth-order valence-electron chi connectivity index (χ4n) is 3.77. The molecule has 0 saturated carbocycles. The number of nitrogens with zero attached hydrogens (tertiary/aromatic N) is 2. The summed E-state index contributed by atoms with van der Waals surface area (Å²) in [5.41, 5.74) is 13.3. The number of methoxy groups -OCH3 is 2. The molecule has 1 amide bonds. The maximum Gasteiger partial charge on any atom is 0.274 e. The number of benzene rings is 2. The number of rotatable bonds is 5. The topological polar surface area (TPSA) is 133 Å². The van der Waals surface area contributed by atoms with Gasteiger partial charge in [-0.2, -0.15) is 5.26 Å². The molecule has 1 aliphatic rings. The summed E-state index contributed by atoms with van der Waals surface area (Å²) in [7, 11) is 3.11. The van der Waals surface area contributed by atoms with E-state index in [-0.39, 0.29) is 17.0 Å². The molecule has 3 aromatic rings. The highest BCUT2D eigenvalue weighted by Crippen LogP contribution is 2.36. The van der Waals surface area contributed by atoms with Crippen LogP contribution in [0.3, 0.4) is 0 Å². The van der Waals surface area contributed by atoms with Crippen LogP contribution in [0.2, 0.25) is 0 Å². The Morgan fingerprint density at radius 3 is 2.18 bits per heavy atom. The first-order valence-electron chi connectivity index (χ1n) is 9.85. The number of carbonyl (C=O) groups is 1. The van der Waals surface area contributed by atoms with Gasteiger partial charge in [-0.1, -0.05) is 24.3 Å². The zero-order chi connectivity index (χ0) is 23.7. The maximum absolute atomic E-state index is 13.2. The molecule has 0 saturated heterocycles. The SMILES string of the molecule is COc1ccc(/C=c2\sc3n(c2=O)C(N)=C(C#N)[C@H](c2ccc(OC)cc2)C=3C(N)=O)cc1. The molecule has 4 rings (SSSR count). The van der Waals surface area contributed by atoms with E-state index >= 15 is 0 Å². The van der Waals surface area contributed by atoms with Gasteiger partial charge in [0.2, 0.25) is 5.91 Å². The van der Waals surface area contributed by atoms with Gasteiger partial charge in [-0.25, -0.2) is 0 Å². The van der Waals surface area contributed by atoms with Gasteiger partial charge in [0, 0.05) is 0 Å². The van der Waals surface area contributed by atoms with Gasteiger partial charge in [0.05, 0.1) is 41.9 Å². The van der Waals surface area contributed by atoms with E-state index < -0.39 is 17.4 Å². The Morgan fingerprint density at radius 2 is 1.67 bits per heavy atom. The zero-order valence-electron chi connectivity index (χ0n) is 17.9. The molecule has 1 aliphatic heterocycles. The number of nitriles is 1. The van der Waals surface area contributed by atoms with Crippen molar-refractivity contribution in [2.45, 2.75) is 5.92 Å². The first-order chi connectivity index (χ1) is 15.9. The average Bonchev–Trinajstić information content (AvgIpc) is 3.15. The van der Waals surface area contributed by atoms with E-state index in [0.29, 0.717) is 26.3 Å². The Balaban J connectivity index is 2.01. The molecular formula is C24H20N4O4S. The molecule has 0 fully saturated rings. The summed E-state index contributed by atoms with van der Waals surface area (Å²) in [5.74, 6) is -0.247. The molecule has 1 atom stereocenters. The number of thiazole rings is 1. The van der Waals surface area contributed by atoms with Gasteiger partial charge in [-0.05, 0) is 41.5 Å². The number of hydrogen-bond donors (Lipinski definition) is 2. The molecule has 0 bridgehead atoms. The second kappa shape index (κ2) is 8.68. The summed E-state index contributed by atoms with van der Waals surface area (Å²) >= 11 is 1.10. The minimum Gasteiger partial charge on any atom is -0.497 e. The summed E-state index contributed by atoms with van der Waals surface area (Å²) in [4.78, 5) is 25.8. The Hall–Kier alpha value is -4.29. The third-order valence-corrected chi connectivity index (χ3v) is 6.51. The van der Waals surface area contributed by atoms with Crippen LogP contribution in [0.15, 0.2) is 58.9 Å². The number of carbonyl (C=O) groups excluding carboxylic acids is 1. The van der Waals surface area contributed by atoms with Crippen LogP contribution in [-0.4, -0.2) is 24.7 Å². The Kier molecular flexibility index (Phi) is 5.77. The minimum absolute atomic E-state index is 0.0195. The zero-order valence-corrected chi connectivity index (χ0v) is 18.7. The van der Waals surface area contributed by atoms with Crippen molar-refractivity contribution in [2.75, 3.05) is 14.2 Å². The molecule has 1 aromatic heterocycles. The molecule has 8 nitrogen and oxygen atoms in total. The van der Waals surface area contributed by atoms with E-state index in [2.05, 4.69) is 6.07 Å². The number of amides is 1. The largest absolute Gasteiger partial charge is 0.497 e. The van der Waals surface area contributed by atoms with Crippen LogP contribution in [0.4, 0.5) is 0 Å². The smallest absolute Gasteiger partial charge is 0.274 e. The molecule has 2 heterocycles. The fraction of sp³-hybridized carbons (Fsp3) is 0.125. The number of nitrogens with two attached hydrogens (primary N) is 2. The minimum atomic E-state index is -0.801. The highest BCUT2D eigenvalue weighted by Gasteiger charge is 2.34. The van der Waals surface area contributed by atoms with Crippen molar-refractivity contribution in [3.8, 4) is 17.6 Å². The maximum atomic E-state index is 13.2. The molecule has 0 spiro atoms. The first kappa shape index (κ1) is 21.9. The van der Waals surface area contributed by atoms with E-state index in [4.69, 9.17) is 20.9 Å². The lowest BCUT2D eigenvalue weighted by Crippen LogP contribution is -2.41. The first-order valence-corrected chi connectivity index (χ1v) is 10.7. The average molecular weight is 461 g/mol. The Morgan fingerprint density at radius 1 is 1.09 bits per heavy atom. The quantitative estimate of drug-likeness (QED) is 0.580. The van der Waals surface area contributed by atoms with Gasteiger partial charge >= 0.3 is 0 Å². The third-order valence-electron chi connectivity index (χ3n) is 5.40. The number of primary amides is 1. The molecule has 33 heavy (non-hydrogen) atoms. The van der Waals surface area contributed by atoms with Crippen molar-refractivity contribution in [1.82, 2.24) is 4.57 Å². The van der Waals surface area contributed by atoms with Gasteiger partial charge in [-0.15, -0.1) is 11.3 Å². The van der Waals surface area contributed by atoms with E-state index in [0.717, 1.165) is 16.9 Å². The van der Waals surface area contributed by atoms with Crippen molar-refractivity contribution in [3.05, 3.63) is 84.8 Å². The number of hydrogen-bond acceptors (Lipinski definition) is 7. The van der Waals surface area contributed by atoms with E-state index in [1.807, 2.05) is 0 Å². The molecule has 0 unspecified atom stereocenters. The Labute approximate surface area is 192 Å². The Bertz CT molecular complexity index is 1490. The molecule has 0 aliphatic carbocycles. The lowest BCUT2D eigenvalue weighted by atomic mass is 9.83. The third kappa shape index (κ3) is 3.77. The molecule has 4 N–H and O–H groups in total. The van der Waals surface area contributed by atoms with Crippen LogP contribution < -0.4 is 35.7 Å². The molecular weight excluding hydrogens is 440 g/mol. The summed E-state index contributed by atoms with van der Waals surface area (Å²) in [5, 5.41) is 9.89. The van der Waals surface area contributed by atoms with E-state index in [9.17, 15) is 14.9 Å². The normalized spacial score (nSPS) is 15.7. The van der Waals surface area contributed by atoms with Crippen LogP contribution in [-0.2, 0) is 4.79 Å². The monoisotopic (exact) mass is 460 g/mol. The van der Waals surface area contributed by atoms with Crippen molar-refractivity contribution in [3.63, 3.8) is 0 Å². The van der Waals surface area contributed by atoms with Gasteiger partial charge in [-0.3, -0.25) is 14.2 Å². The van der Waals surface area contributed by atoms with Crippen molar-refractivity contribution < 1.29 is 14.3 Å². The number of aromatic nitrogens is 1. The lowest BCUT2D eigenvalue weighted by molar-refractivity contribution is -0.113. The number of allylic oxidation sites excluding steroid dienone is 1. The highest BCUT2D eigenvalue weighted by atomic mass is 32.1. The van der Waals surface area contributed by atoms with Gasteiger partial charge < -0.3 is 20.9 Å². The molecule has 166 valence electrons. The standard InChI is InChI=1S/C24H20N4O4S/c1-31-15-7-3-13(4-8-15)11-18-23(30)28-21(26)17(12-25)19(20(22(27)29)24(28)33-18)14-5-9-16(32-2)10-6-14/h3-11,19H,26H2,1-2H3,(H2,27,29)/b18-11-/t19-/m0/s1. The molecule has 0 radical (unpaired) electrons. The van der Waals surface area contributed by atoms with Crippen LogP contribution in [0.25, 0.3) is 17.5 Å². The summed E-state index contributed by atoms with van der Waals surface area (Å²) < 4.78 is 12.2.